The number of carbonyl (C=O) groups is 1. The molecule has 0 saturated carbocycles. The summed E-state index contributed by atoms with van der Waals surface area (Å²) in [6, 6.07) is 9.72. The Hall–Kier alpha value is -2.14. The molecule has 0 N–H and O–H groups in total. The lowest BCUT2D eigenvalue weighted by molar-refractivity contribution is 0.0600. The Morgan fingerprint density at radius 3 is 2.72 bits per heavy atom. The SMILES string of the molecule is COC(=O)c1cccc(Oc2ccc(Cl)nn2)c1. The number of nitrogens with zero attached hydrogens (tertiary/aromatic N) is 2. The molecular formula is C12H9ClN2O3. The average molecular weight is 265 g/mol. The molecule has 0 amide bonds. The Morgan fingerprint density at radius 2 is 2.06 bits per heavy atom. The van der Waals surface area contributed by atoms with Crippen LogP contribution in [-0.4, -0.2) is 23.3 Å². The van der Waals surface area contributed by atoms with Crippen molar-refractivity contribution in [2.45, 2.75) is 0 Å². The number of aromatic nitrogens is 2. The molecule has 1 aromatic carbocycles. The number of rotatable bonds is 3. The van der Waals surface area contributed by atoms with E-state index in [-0.39, 0.29) is 5.15 Å². The highest BCUT2D eigenvalue weighted by Crippen LogP contribution is 2.20. The van der Waals surface area contributed by atoms with E-state index in [4.69, 9.17) is 16.3 Å². The third-order valence-corrected chi connectivity index (χ3v) is 2.29. The summed E-state index contributed by atoms with van der Waals surface area (Å²) in [5, 5.41) is 7.68. The number of esters is 1. The Bertz CT molecular complexity index is 558. The van der Waals surface area contributed by atoms with Gasteiger partial charge in [-0.25, -0.2) is 4.79 Å². The highest BCUT2D eigenvalue weighted by molar-refractivity contribution is 6.29. The first-order valence-corrected chi connectivity index (χ1v) is 5.42. The van der Waals surface area contributed by atoms with Crippen molar-refractivity contribution in [2.75, 3.05) is 7.11 Å². The summed E-state index contributed by atoms with van der Waals surface area (Å²) in [5.41, 5.74) is 0.400. The smallest absolute Gasteiger partial charge is 0.337 e. The van der Waals surface area contributed by atoms with E-state index in [0.717, 1.165) is 0 Å². The van der Waals surface area contributed by atoms with Crippen LogP contribution in [0.4, 0.5) is 0 Å². The van der Waals surface area contributed by atoms with Gasteiger partial charge in [-0.3, -0.25) is 0 Å². The van der Waals surface area contributed by atoms with E-state index in [1.807, 2.05) is 0 Å². The van der Waals surface area contributed by atoms with Crippen LogP contribution >= 0.6 is 11.6 Å². The van der Waals surface area contributed by atoms with Gasteiger partial charge in [0.25, 0.3) is 0 Å². The Morgan fingerprint density at radius 1 is 1.22 bits per heavy atom. The molecule has 0 radical (unpaired) electrons. The summed E-state index contributed by atoms with van der Waals surface area (Å²) in [5.74, 6) is 0.332. The van der Waals surface area contributed by atoms with Gasteiger partial charge in [-0.15, -0.1) is 10.2 Å². The minimum Gasteiger partial charge on any atom is -0.465 e. The van der Waals surface area contributed by atoms with Gasteiger partial charge in [-0.2, -0.15) is 0 Å². The van der Waals surface area contributed by atoms with E-state index in [2.05, 4.69) is 14.9 Å². The minimum atomic E-state index is -0.428. The first-order chi connectivity index (χ1) is 8.69. The maximum absolute atomic E-state index is 11.3. The van der Waals surface area contributed by atoms with Crippen molar-refractivity contribution in [1.29, 1.82) is 0 Å². The summed E-state index contributed by atoms with van der Waals surface area (Å²) in [7, 11) is 1.32. The number of methoxy groups -OCH3 is 1. The summed E-state index contributed by atoms with van der Waals surface area (Å²) < 4.78 is 10.0. The fourth-order valence-electron chi connectivity index (χ4n) is 1.28. The van der Waals surface area contributed by atoms with Gasteiger partial charge in [0.2, 0.25) is 5.88 Å². The number of hydrogen-bond donors (Lipinski definition) is 0. The molecule has 0 aliphatic rings. The van der Waals surface area contributed by atoms with Crippen LogP contribution in [0.25, 0.3) is 0 Å². The lowest BCUT2D eigenvalue weighted by Gasteiger charge is -2.05. The van der Waals surface area contributed by atoms with E-state index >= 15 is 0 Å². The van der Waals surface area contributed by atoms with Crippen molar-refractivity contribution >= 4 is 17.6 Å². The maximum Gasteiger partial charge on any atom is 0.337 e. The molecule has 0 spiro atoms. The number of halogens is 1. The van der Waals surface area contributed by atoms with Gasteiger partial charge in [-0.05, 0) is 24.3 Å². The molecule has 1 heterocycles. The van der Waals surface area contributed by atoms with Gasteiger partial charge in [0, 0.05) is 6.07 Å². The van der Waals surface area contributed by atoms with Crippen LogP contribution in [0.2, 0.25) is 5.15 Å². The van der Waals surface area contributed by atoms with E-state index in [9.17, 15) is 4.79 Å². The average Bonchev–Trinajstić information content (AvgIpc) is 2.41. The molecule has 1 aromatic heterocycles. The normalized spacial score (nSPS) is 9.89. The molecule has 0 aliphatic carbocycles. The highest BCUT2D eigenvalue weighted by Gasteiger charge is 2.07. The van der Waals surface area contributed by atoms with Gasteiger partial charge in [0.05, 0.1) is 12.7 Å². The van der Waals surface area contributed by atoms with Gasteiger partial charge in [0.1, 0.15) is 5.75 Å². The third kappa shape index (κ3) is 2.95. The minimum absolute atomic E-state index is 0.283. The second kappa shape index (κ2) is 5.46. The van der Waals surface area contributed by atoms with Gasteiger partial charge in [-0.1, -0.05) is 17.7 Å². The zero-order valence-corrected chi connectivity index (χ0v) is 10.2. The molecular weight excluding hydrogens is 256 g/mol. The van der Waals surface area contributed by atoms with Crippen molar-refractivity contribution in [3.05, 3.63) is 47.1 Å². The highest BCUT2D eigenvalue weighted by atomic mass is 35.5. The molecule has 0 bridgehead atoms. The second-order valence-corrected chi connectivity index (χ2v) is 3.70. The molecule has 0 unspecified atom stereocenters. The predicted molar refractivity (Wildman–Crippen MR) is 64.9 cm³/mol. The zero-order chi connectivity index (χ0) is 13.0. The first-order valence-electron chi connectivity index (χ1n) is 5.04. The van der Waals surface area contributed by atoms with Crippen LogP contribution in [0, 0.1) is 0 Å². The number of carbonyl (C=O) groups excluding carboxylic acids is 1. The molecule has 5 nitrogen and oxygen atoms in total. The van der Waals surface area contributed by atoms with Gasteiger partial charge in [0.15, 0.2) is 5.15 Å². The van der Waals surface area contributed by atoms with Crippen molar-refractivity contribution < 1.29 is 14.3 Å². The van der Waals surface area contributed by atoms with Gasteiger partial charge >= 0.3 is 5.97 Å². The molecule has 92 valence electrons. The lowest BCUT2D eigenvalue weighted by Crippen LogP contribution is -2.01. The van der Waals surface area contributed by atoms with Crippen LogP contribution in [0.5, 0.6) is 11.6 Å². The summed E-state index contributed by atoms with van der Waals surface area (Å²) in [6.45, 7) is 0. The molecule has 6 heteroatoms. The van der Waals surface area contributed by atoms with E-state index in [0.29, 0.717) is 17.2 Å². The predicted octanol–water partition coefficient (Wildman–Crippen LogP) is 2.71. The van der Waals surface area contributed by atoms with E-state index in [1.165, 1.54) is 7.11 Å². The largest absolute Gasteiger partial charge is 0.465 e. The Labute approximate surface area is 108 Å². The Kier molecular flexibility index (Phi) is 3.74. The fourth-order valence-corrected chi connectivity index (χ4v) is 1.38. The van der Waals surface area contributed by atoms with Crippen molar-refractivity contribution in [1.82, 2.24) is 10.2 Å². The van der Waals surface area contributed by atoms with Crippen LogP contribution in [0.3, 0.4) is 0 Å². The molecule has 0 fully saturated rings. The van der Waals surface area contributed by atoms with E-state index in [1.54, 1.807) is 36.4 Å². The van der Waals surface area contributed by atoms with Crippen LogP contribution < -0.4 is 4.74 Å². The van der Waals surface area contributed by atoms with Crippen LogP contribution in [0.15, 0.2) is 36.4 Å². The van der Waals surface area contributed by atoms with E-state index < -0.39 is 5.97 Å². The van der Waals surface area contributed by atoms with Crippen LogP contribution in [0.1, 0.15) is 10.4 Å². The zero-order valence-electron chi connectivity index (χ0n) is 9.46. The maximum atomic E-state index is 11.3. The topological polar surface area (TPSA) is 61.3 Å². The monoisotopic (exact) mass is 264 g/mol. The second-order valence-electron chi connectivity index (χ2n) is 3.32. The van der Waals surface area contributed by atoms with Gasteiger partial charge < -0.3 is 9.47 Å². The number of ether oxygens (including phenoxy) is 2. The fraction of sp³-hybridized carbons (Fsp3) is 0.0833. The third-order valence-electron chi connectivity index (χ3n) is 2.09. The number of benzene rings is 1. The Balaban J connectivity index is 2.19. The molecule has 0 aliphatic heterocycles. The summed E-state index contributed by atoms with van der Waals surface area (Å²) in [6.07, 6.45) is 0. The molecule has 0 atom stereocenters. The lowest BCUT2D eigenvalue weighted by atomic mass is 10.2. The van der Waals surface area contributed by atoms with Crippen LogP contribution in [-0.2, 0) is 4.74 Å². The molecule has 0 saturated heterocycles. The molecule has 2 rings (SSSR count). The molecule has 2 aromatic rings. The first kappa shape index (κ1) is 12.3. The molecule has 18 heavy (non-hydrogen) atoms. The standard InChI is InChI=1S/C12H9ClN2O3/c1-17-12(16)8-3-2-4-9(7-8)18-11-6-5-10(13)14-15-11/h2-7H,1H3. The quantitative estimate of drug-likeness (QED) is 0.798. The van der Waals surface area contributed by atoms with Crippen molar-refractivity contribution in [2.24, 2.45) is 0 Å². The van der Waals surface area contributed by atoms with Crippen molar-refractivity contribution in [3.8, 4) is 11.6 Å². The van der Waals surface area contributed by atoms with Crippen molar-refractivity contribution in [3.63, 3.8) is 0 Å². The summed E-state index contributed by atoms with van der Waals surface area (Å²) >= 11 is 5.61. The summed E-state index contributed by atoms with van der Waals surface area (Å²) in [4.78, 5) is 11.3. The number of hydrogen-bond acceptors (Lipinski definition) is 5.